The minimum absolute atomic E-state index is 0. The van der Waals surface area contributed by atoms with Gasteiger partial charge in [0.1, 0.15) is 10.1 Å². The molecule has 0 spiro atoms. The molecule has 1 aliphatic rings. The Hall–Kier alpha value is -0.258. The maximum absolute atomic E-state index is 12.3. The number of carbonyl (C=O) groups excluding carboxylic acids is 2. The second-order valence-corrected chi connectivity index (χ2v) is 5.74. The van der Waals surface area contributed by atoms with Gasteiger partial charge in [0.05, 0.1) is 4.90 Å². The van der Waals surface area contributed by atoms with E-state index in [0.717, 1.165) is 12.1 Å². The van der Waals surface area contributed by atoms with Crippen molar-refractivity contribution in [2.45, 2.75) is 4.90 Å². The van der Waals surface area contributed by atoms with Crippen LogP contribution < -0.4 is 68.9 Å². The largest absolute Gasteiger partial charge is 1.00 e. The quantitative estimate of drug-likeness (QED) is 0.441. The van der Waals surface area contributed by atoms with E-state index in [1.54, 1.807) is 12.1 Å². The van der Waals surface area contributed by atoms with Crippen molar-refractivity contribution in [2.24, 2.45) is 0 Å². The second kappa shape index (κ2) is 6.09. The first-order valence-electron chi connectivity index (χ1n) is 5.68. The molecule has 0 fully saturated rings. The van der Waals surface area contributed by atoms with Gasteiger partial charge < -0.3 is 4.55 Å². The number of ketones is 2. The Balaban J connectivity index is 0.00000161. The average molecular weight is 420 g/mol. The van der Waals surface area contributed by atoms with E-state index >= 15 is 0 Å². The molecule has 0 saturated carbocycles. The number of rotatable bonds is 1. The van der Waals surface area contributed by atoms with Gasteiger partial charge in [0.25, 0.3) is 0 Å². The van der Waals surface area contributed by atoms with Crippen LogP contribution in [0.25, 0.3) is 0 Å². The van der Waals surface area contributed by atoms with Crippen LogP contribution in [0, 0.1) is 0 Å². The fraction of sp³-hybridized carbons (Fsp3) is 0. The van der Waals surface area contributed by atoms with Crippen molar-refractivity contribution in [3.05, 3.63) is 64.7 Å². The molecular formula is C14H7CsO5S. The van der Waals surface area contributed by atoms with Crippen molar-refractivity contribution in [1.82, 2.24) is 0 Å². The van der Waals surface area contributed by atoms with E-state index in [4.69, 9.17) is 0 Å². The third-order valence-corrected chi connectivity index (χ3v) is 4.02. The van der Waals surface area contributed by atoms with E-state index in [-0.39, 0.29) is 96.9 Å². The third-order valence-electron chi connectivity index (χ3n) is 3.19. The summed E-state index contributed by atoms with van der Waals surface area (Å²) in [5, 5.41) is 0. The summed E-state index contributed by atoms with van der Waals surface area (Å²) in [4.78, 5) is 24.0. The van der Waals surface area contributed by atoms with Crippen LogP contribution in [0.3, 0.4) is 0 Å². The smallest absolute Gasteiger partial charge is 0.744 e. The first kappa shape index (κ1) is 17.1. The van der Waals surface area contributed by atoms with Crippen molar-refractivity contribution in [2.75, 3.05) is 0 Å². The molecule has 0 N–H and O–H groups in total. The first-order valence-corrected chi connectivity index (χ1v) is 7.09. The molecule has 0 radical (unpaired) electrons. The van der Waals surface area contributed by atoms with Crippen molar-refractivity contribution >= 4 is 21.7 Å². The maximum atomic E-state index is 12.3. The minimum atomic E-state index is -4.67. The van der Waals surface area contributed by atoms with Gasteiger partial charge >= 0.3 is 68.9 Å². The van der Waals surface area contributed by atoms with Gasteiger partial charge in [-0.25, -0.2) is 8.42 Å². The Morgan fingerprint density at radius 3 is 1.76 bits per heavy atom. The molecule has 0 heterocycles. The summed E-state index contributed by atoms with van der Waals surface area (Å²) in [6, 6.07) is 9.51. The summed E-state index contributed by atoms with van der Waals surface area (Å²) in [6.07, 6.45) is 0. The topological polar surface area (TPSA) is 91.3 Å². The van der Waals surface area contributed by atoms with E-state index in [1.807, 2.05) is 0 Å². The fourth-order valence-electron chi connectivity index (χ4n) is 2.23. The van der Waals surface area contributed by atoms with E-state index in [0.29, 0.717) is 0 Å². The number of hydrogen-bond donors (Lipinski definition) is 0. The monoisotopic (exact) mass is 420 g/mol. The first-order chi connectivity index (χ1) is 9.39. The van der Waals surface area contributed by atoms with Gasteiger partial charge in [-0.2, -0.15) is 0 Å². The summed E-state index contributed by atoms with van der Waals surface area (Å²) in [7, 11) is -4.67. The molecule has 0 saturated heterocycles. The van der Waals surface area contributed by atoms with Crippen molar-refractivity contribution in [3.8, 4) is 0 Å². The molecule has 0 amide bonds. The normalized spacial score (nSPS) is 13.2. The van der Waals surface area contributed by atoms with E-state index in [2.05, 4.69) is 0 Å². The Kier molecular flexibility index (Phi) is 4.96. The standard InChI is InChI=1S/C14H8O5S.Cs/c15-13-9-3-1-2-4-10(9)14(16)12-7-8(20(17,18)19)5-6-11(12)13;/h1-7H,(H,17,18,19);/q;+1/p-1. The van der Waals surface area contributed by atoms with Crippen LogP contribution in [-0.4, -0.2) is 24.5 Å². The molecular weight excluding hydrogens is 413 g/mol. The van der Waals surface area contributed by atoms with Crippen LogP contribution in [0.4, 0.5) is 0 Å². The minimum Gasteiger partial charge on any atom is -0.744 e. The molecule has 1 aliphatic carbocycles. The predicted octanol–water partition coefficient (Wildman–Crippen LogP) is -1.63. The van der Waals surface area contributed by atoms with E-state index < -0.39 is 20.8 Å². The van der Waals surface area contributed by atoms with Crippen molar-refractivity contribution in [3.63, 3.8) is 0 Å². The van der Waals surface area contributed by atoms with Crippen LogP contribution in [0.5, 0.6) is 0 Å². The molecule has 5 nitrogen and oxygen atoms in total. The van der Waals surface area contributed by atoms with Gasteiger partial charge in [-0.05, 0) is 18.2 Å². The van der Waals surface area contributed by atoms with Crippen LogP contribution in [0.1, 0.15) is 31.8 Å². The Morgan fingerprint density at radius 1 is 0.762 bits per heavy atom. The van der Waals surface area contributed by atoms with Gasteiger partial charge in [-0.15, -0.1) is 0 Å². The summed E-state index contributed by atoms with van der Waals surface area (Å²) in [5.74, 6) is -0.814. The maximum Gasteiger partial charge on any atom is 1.00 e. The SMILES string of the molecule is O=C1c2ccccc2C(=O)c2cc(S(=O)(=O)[O-])ccc21.[Cs+]. The molecule has 100 valence electrons. The average Bonchev–Trinajstić information content (AvgIpc) is 2.43. The molecule has 2 aromatic rings. The Labute approximate surface area is 179 Å². The number of fused-ring (bicyclic) bond motifs is 2. The van der Waals surface area contributed by atoms with Crippen LogP contribution in [-0.2, 0) is 10.1 Å². The van der Waals surface area contributed by atoms with E-state index in [1.165, 1.54) is 18.2 Å². The third kappa shape index (κ3) is 2.97. The van der Waals surface area contributed by atoms with Crippen LogP contribution >= 0.6 is 0 Å². The Morgan fingerprint density at radius 2 is 1.24 bits per heavy atom. The molecule has 3 rings (SSSR count). The van der Waals surface area contributed by atoms with Gasteiger partial charge in [-0.1, -0.05) is 24.3 Å². The van der Waals surface area contributed by atoms with Crippen LogP contribution in [0.15, 0.2) is 47.4 Å². The number of carbonyl (C=O) groups is 2. The molecule has 0 unspecified atom stereocenters. The number of hydrogen-bond acceptors (Lipinski definition) is 5. The summed E-state index contributed by atoms with van der Waals surface area (Å²) in [6.45, 7) is 0. The zero-order chi connectivity index (χ0) is 14.5. The molecule has 2 aromatic carbocycles. The molecule has 0 aromatic heterocycles. The van der Waals surface area contributed by atoms with E-state index in [9.17, 15) is 22.6 Å². The predicted molar refractivity (Wildman–Crippen MR) is 67.7 cm³/mol. The molecule has 0 atom stereocenters. The Bertz CT molecular complexity index is 871. The van der Waals surface area contributed by atoms with Crippen LogP contribution in [0.2, 0.25) is 0 Å². The molecule has 21 heavy (non-hydrogen) atoms. The summed E-state index contributed by atoms with van der Waals surface area (Å²) >= 11 is 0. The second-order valence-electron chi connectivity index (χ2n) is 4.37. The zero-order valence-corrected chi connectivity index (χ0v) is 18.1. The van der Waals surface area contributed by atoms with Gasteiger partial charge in [0.2, 0.25) is 0 Å². The van der Waals surface area contributed by atoms with Gasteiger partial charge in [0.15, 0.2) is 11.6 Å². The fourth-order valence-corrected chi connectivity index (χ4v) is 2.73. The van der Waals surface area contributed by atoms with Crippen molar-refractivity contribution in [1.29, 1.82) is 0 Å². The van der Waals surface area contributed by atoms with Gasteiger partial charge in [-0.3, -0.25) is 9.59 Å². The molecule has 7 heteroatoms. The summed E-state index contributed by atoms with van der Waals surface area (Å²) < 4.78 is 33.0. The van der Waals surface area contributed by atoms with Crippen molar-refractivity contribution < 1.29 is 91.5 Å². The molecule has 0 bridgehead atoms. The summed E-state index contributed by atoms with van der Waals surface area (Å²) in [5.41, 5.74) is 0.555. The number of benzene rings is 2. The van der Waals surface area contributed by atoms with Gasteiger partial charge in [0, 0.05) is 22.3 Å². The zero-order valence-electron chi connectivity index (χ0n) is 11.0. The molecule has 0 aliphatic heterocycles.